The van der Waals surface area contributed by atoms with Gasteiger partial charge in [-0.1, -0.05) is 35.3 Å². The van der Waals surface area contributed by atoms with Gasteiger partial charge >= 0.3 is 6.18 Å². The third-order valence-electron chi connectivity index (χ3n) is 5.18. The lowest BCUT2D eigenvalue weighted by molar-refractivity contribution is -0.137. The third-order valence-corrected chi connectivity index (χ3v) is 5.83. The second kappa shape index (κ2) is 9.26. The first-order chi connectivity index (χ1) is 13.7. The number of hydrogen-bond acceptors (Lipinski definition) is 2. The van der Waals surface area contributed by atoms with Gasteiger partial charge in [0.15, 0.2) is 0 Å². The van der Waals surface area contributed by atoms with Gasteiger partial charge in [0.05, 0.1) is 26.9 Å². The average molecular weight is 445 g/mol. The van der Waals surface area contributed by atoms with E-state index in [9.17, 15) is 18.0 Å². The molecule has 2 N–H and O–H groups in total. The maximum atomic E-state index is 12.9. The van der Waals surface area contributed by atoms with Crippen LogP contribution in [0.1, 0.15) is 41.6 Å². The topological polar surface area (TPSA) is 41.1 Å². The Bertz CT molecular complexity index is 865. The molecule has 2 aromatic carbocycles. The molecule has 0 aromatic heterocycles. The first-order valence-electron chi connectivity index (χ1n) is 9.40. The number of amides is 1. The number of para-hydroxylation sites is 1. The second-order valence-electron chi connectivity index (χ2n) is 7.24. The predicted molar refractivity (Wildman–Crippen MR) is 110 cm³/mol. The number of benzene rings is 2. The Kier molecular flexibility index (Phi) is 6.96. The summed E-state index contributed by atoms with van der Waals surface area (Å²) in [4.78, 5) is 12.5. The van der Waals surface area contributed by atoms with Crippen molar-refractivity contribution in [3.63, 3.8) is 0 Å². The van der Waals surface area contributed by atoms with Crippen molar-refractivity contribution >= 4 is 34.8 Å². The van der Waals surface area contributed by atoms with Gasteiger partial charge in [-0.15, -0.1) is 0 Å². The highest BCUT2D eigenvalue weighted by atomic mass is 35.5. The molecule has 1 aliphatic carbocycles. The minimum Gasteiger partial charge on any atom is -0.384 e. The minimum atomic E-state index is -4.52. The lowest BCUT2D eigenvalue weighted by atomic mass is 9.86. The fourth-order valence-corrected chi connectivity index (χ4v) is 3.91. The molecule has 0 radical (unpaired) electrons. The zero-order valence-electron chi connectivity index (χ0n) is 15.5. The van der Waals surface area contributed by atoms with E-state index in [1.54, 1.807) is 0 Å². The molecule has 1 amide bonds. The van der Waals surface area contributed by atoms with E-state index in [1.165, 1.54) is 0 Å². The molecule has 0 heterocycles. The number of alkyl halides is 3. The van der Waals surface area contributed by atoms with Gasteiger partial charge in [-0.3, -0.25) is 4.79 Å². The average Bonchev–Trinajstić information content (AvgIpc) is 2.68. The van der Waals surface area contributed by atoms with Crippen LogP contribution in [0.5, 0.6) is 0 Å². The van der Waals surface area contributed by atoms with Crippen molar-refractivity contribution in [2.45, 2.75) is 37.9 Å². The fraction of sp³-hybridized carbons (Fsp3) is 0.381. The molecule has 3 nitrogen and oxygen atoms in total. The van der Waals surface area contributed by atoms with Gasteiger partial charge in [-0.05, 0) is 61.9 Å². The molecule has 0 bridgehead atoms. The van der Waals surface area contributed by atoms with Crippen molar-refractivity contribution in [1.82, 2.24) is 5.32 Å². The van der Waals surface area contributed by atoms with Crippen LogP contribution < -0.4 is 10.6 Å². The number of halogens is 5. The number of hydrogen-bond donors (Lipinski definition) is 2. The van der Waals surface area contributed by atoms with Crippen LogP contribution in [-0.2, 0) is 6.18 Å². The number of nitrogens with one attached hydrogen (secondary N) is 2. The quantitative estimate of drug-likeness (QED) is 0.558. The van der Waals surface area contributed by atoms with Crippen LogP contribution in [0.25, 0.3) is 0 Å². The predicted octanol–water partition coefficient (Wildman–Crippen LogP) is 6.41. The number of carbonyl (C=O) groups is 1. The Labute approximate surface area is 177 Å². The SMILES string of the molecule is O=C(NC1CCC(CNc2ccccc2Cl)CC1)c1cc(C(F)(F)F)ccc1Cl. The third kappa shape index (κ3) is 5.80. The highest BCUT2D eigenvalue weighted by Crippen LogP contribution is 2.32. The largest absolute Gasteiger partial charge is 0.416 e. The van der Waals surface area contributed by atoms with Crippen LogP contribution in [0.4, 0.5) is 18.9 Å². The summed E-state index contributed by atoms with van der Waals surface area (Å²) >= 11 is 12.1. The fourth-order valence-electron chi connectivity index (χ4n) is 3.51. The van der Waals surface area contributed by atoms with Crippen molar-refractivity contribution in [3.05, 3.63) is 63.6 Å². The highest BCUT2D eigenvalue weighted by Gasteiger charge is 2.32. The maximum Gasteiger partial charge on any atom is 0.416 e. The van der Waals surface area contributed by atoms with Crippen molar-refractivity contribution < 1.29 is 18.0 Å². The zero-order valence-corrected chi connectivity index (χ0v) is 17.0. The van der Waals surface area contributed by atoms with Crippen LogP contribution in [0.3, 0.4) is 0 Å². The number of carbonyl (C=O) groups excluding carboxylic acids is 1. The molecular weight excluding hydrogens is 424 g/mol. The molecule has 3 rings (SSSR count). The molecule has 0 aliphatic heterocycles. The van der Waals surface area contributed by atoms with Crippen molar-refractivity contribution in [1.29, 1.82) is 0 Å². The summed E-state index contributed by atoms with van der Waals surface area (Å²) in [6.45, 7) is 0.782. The Morgan fingerprint density at radius 2 is 1.69 bits per heavy atom. The molecule has 1 fully saturated rings. The number of rotatable bonds is 5. The van der Waals surface area contributed by atoms with Crippen LogP contribution in [-0.4, -0.2) is 18.5 Å². The van der Waals surface area contributed by atoms with Gasteiger partial charge < -0.3 is 10.6 Å². The second-order valence-corrected chi connectivity index (χ2v) is 8.06. The summed E-state index contributed by atoms with van der Waals surface area (Å²) in [6, 6.07) is 10.2. The van der Waals surface area contributed by atoms with Gasteiger partial charge in [-0.25, -0.2) is 0 Å². The summed E-state index contributed by atoms with van der Waals surface area (Å²) in [7, 11) is 0. The van der Waals surface area contributed by atoms with Gasteiger partial charge in [-0.2, -0.15) is 13.2 Å². The molecule has 8 heteroatoms. The van der Waals surface area contributed by atoms with E-state index < -0.39 is 17.6 Å². The summed E-state index contributed by atoms with van der Waals surface area (Å²) in [5.74, 6) is -0.129. The summed E-state index contributed by atoms with van der Waals surface area (Å²) in [6.07, 6.45) is -1.20. The maximum absolute atomic E-state index is 12.9. The normalized spacial score (nSPS) is 19.6. The van der Waals surface area contributed by atoms with Gasteiger partial charge in [0.1, 0.15) is 0 Å². The van der Waals surface area contributed by atoms with Crippen molar-refractivity contribution in [3.8, 4) is 0 Å². The van der Waals surface area contributed by atoms with Crippen molar-refractivity contribution in [2.75, 3.05) is 11.9 Å². The molecule has 1 aliphatic rings. The van der Waals surface area contributed by atoms with E-state index in [4.69, 9.17) is 23.2 Å². The number of anilines is 1. The van der Waals surface area contributed by atoms with Crippen LogP contribution in [0.15, 0.2) is 42.5 Å². The first kappa shape index (κ1) is 21.8. The monoisotopic (exact) mass is 444 g/mol. The molecule has 2 aromatic rings. The molecule has 0 atom stereocenters. The van der Waals surface area contributed by atoms with E-state index in [0.717, 1.165) is 56.1 Å². The Balaban J connectivity index is 1.52. The Hall–Kier alpha value is -1.92. The molecular formula is C21H21Cl2F3N2O. The highest BCUT2D eigenvalue weighted by molar-refractivity contribution is 6.34. The Morgan fingerprint density at radius 1 is 1.00 bits per heavy atom. The lowest BCUT2D eigenvalue weighted by Crippen LogP contribution is -2.38. The van der Waals surface area contributed by atoms with Gasteiger partial charge in [0.2, 0.25) is 0 Å². The minimum absolute atomic E-state index is 0.00752. The van der Waals surface area contributed by atoms with E-state index in [2.05, 4.69) is 10.6 Å². The molecule has 0 unspecified atom stereocenters. The molecule has 1 saturated carbocycles. The van der Waals surface area contributed by atoms with E-state index in [-0.39, 0.29) is 16.6 Å². The lowest BCUT2D eigenvalue weighted by Gasteiger charge is -2.29. The summed E-state index contributed by atoms with van der Waals surface area (Å²) in [5, 5.41) is 6.85. The summed E-state index contributed by atoms with van der Waals surface area (Å²) < 4.78 is 38.7. The van der Waals surface area contributed by atoms with E-state index in [0.29, 0.717) is 10.9 Å². The molecule has 29 heavy (non-hydrogen) atoms. The van der Waals surface area contributed by atoms with Crippen LogP contribution in [0.2, 0.25) is 10.0 Å². The summed E-state index contributed by atoms with van der Waals surface area (Å²) in [5.41, 5.74) is -0.144. The van der Waals surface area contributed by atoms with Gasteiger partial charge in [0, 0.05) is 12.6 Å². The van der Waals surface area contributed by atoms with E-state index in [1.807, 2.05) is 24.3 Å². The molecule has 0 spiro atoms. The standard InChI is InChI=1S/C21H21Cl2F3N2O/c22-17-10-7-14(21(24,25)26)11-16(17)20(29)28-15-8-5-13(6-9-15)12-27-19-4-2-1-3-18(19)23/h1-4,7,10-11,13,15,27H,5-6,8-9,12H2,(H,28,29). The first-order valence-corrected chi connectivity index (χ1v) is 10.2. The van der Waals surface area contributed by atoms with Gasteiger partial charge in [0.25, 0.3) is 5.91 Å². The molecule has 156 valence electrons. The van der Waals surface area contributed by atoms with Crippen LogP contribution >= 0.6 is 23.2 Å². The smallest absolute Gasteiger partial charge is 0.384 e. The van der Waals surface area contributed by atoms with E-state index >= 15 is 0 Å². The van der Waals surface area contributed by atoms with Crippen LogP contribution in [0, 0.1) is 5.92 Å². The Morgan fingerprint density at radius 3 is 2.34 bits per heavy atom. The van der Waals surface area contributed by atoms with Crippen molar-refractivity contribution in [2.24, 2.45) is 5.92 Å². The molecule has 0 saturated heterocycles. The zero-order chi connectivity index (χ0) is 21.0.